The smallest absolute Gasteiger partial charge is 0.147 e. The highest BCUT2D eigenvalue weighted by molar-refractivity contribution is 9.10. The monoisotopic (exact) mass is 297 g/mol. The summed E-state index contributed by atoms with van der Waals surface area (Å²) in [5, 5.41) is 3.76. The normalized spacial score (nSPS) is 10.1. The molecule has 2 rings (SSSR count). The highest BCUT2D eigenvalue weighted by atomic mass is 79.9. The molecule has 0 spiro atoms. The number of rotatable bonds is 2. The molecule has 0 saturated heterocycles. The van der Waals surface area contributed by atoms with E-state index in [9.17, 15) is 0 Å². The van der Waals surface area contributed by atoms with Gasteiger partial charge in [-0.25, -0.2) is 4.98 Å². The van der Waals surface area contributed by atoms with Crippen molar-refractivity contribution < 1.29 is 0 Å². The molecule has 1 aromatic carbocycles. The summed E-state index contributed by atoms with van der Waals surface area (Å²) < 4.78 is 0.946. The molecule has 0 fully saturated rings. The van der Waals surface area contributed by atoms with Gasteiger partial charge in [0.1, 0.15) is 5.82 Å². The summed E-state index contributed by atoms with van der Waals surface area (Å²) in [5.74, 6) is 0.443. The third-order valence-electron chi connectivity index (χ3n) is 2.04. The van der Waals surface area contributed by atoms with Gasteiger partial charge in [0.25, 0.3) is 0 Å². The average Bonchev–Trinajstić information content (AvgIpc) is 2.27. The Kier molecular flexibility index (Phi) is 3.31. The van der Waals surface area contributed by atoms with Crippen LogP contribution in [0.1, 0.15) is 0 Å². The largest absolute Gasteiger partial charge is 0.382 e. The van der Waals surface area contributed by atoms with Crippen LogP contribution in [-0.2, 0) is 0 Å². The zero-order valence-electron chi connectivity index (χ0n) is 8.24. The van der Waals surface area contributed by atoms with Crippen LogP contribution >= 0.6 is 27.5 Å². The molecule has 2 aromatic rings. The van der Waals surface area contributed by atoms with E-state index in [1.165, 1.54) is 0 Å². The molecule has 0 aliphatic rings. The van der Waals surface area contributed by atoms with E-state index in [0.29, 0.717) is 10.8 Å². The molecule has 0 aliphatic carbocycles. The lowest BCUT2D eigenvalue weighted by Gasteiger charge is -2.10. The number of benzene rings is 1. The zero-order valence-corrected chi connectivity index (χ0v) is 10.6. The molecular formula is C11H9BrClN3. The van der Waals surface area contributed by atoms with E-state index < -0.39 is 0 Å². The minimum atomic E-state index is 0.443. The number of hydrogen-bond acceptors (Lipinski definition) is 3. The number of nitrogens with two attached hydrogens (primary N) is 1. The molecule has 0 saturated carbocycles. The van der Waals surface area contributed by atoms with Gasteiger partial charge in [0.15, 0.2) is 0 Å². The zero-order chi connectivity index (χ0) is 11.5. The van der Waals surface area contributed by atoms with Gasteiger partial charge in [0.05, 0.1) is 16.4 Å². The number of aromatic nitrogens is 1. The van der Waals surface area contributed by atoms with Gasteiger partial charge in [0, 0.05) is 10.7 Å². The molecule has 0 unspecified atom stereocenters. The third-order valence-corrected chi connectivity index (χ3v) is 2.86. The van der Waals surface area contributed by atoms with Gasteiger partial charge in [-0.2, -0.15) is 0 Å². The fraction of sp³-hybridized carbons (Fsp3) is 0. The SMILES string of the molecule is Nc1ncccc1Nc1cc(Br)ccc1Cl. The van der Waals surface area contributed by atoms with Crippen LogP contribution < -0.4 is 11.1 Å². The second-order valence-electron chi connectivity index (χ2n) is 3.19. The van der Waals surface area contributed by atoms with E-state index in [2.05, 4.69) is 26.2 Å². The van der Waals surface area contributed by atoms with Gasteiger partial charge in [-0.1, -0.05) is 27.5 Å². The van der Waals surface area contributed by atoms with Crippen LogP contribution in [0, 0.1) is 0 Å². The predicted octanol–water partition coefficient (Wildman–Crippen LogP) is 3.82. The lowest BCUT2D eigenvalue weighted by molar-refractivity contribution is 1.33. The van der Waals surface area contributed by atoms with E-state index >= 15 is 0 Å². The molecule has 3 N–H and O–H groups in total. The number of nitrogen functional groups attached to an aromatic ring is 1. The Balaban J connectivity index is 2.34. The summed E-state index contributed by atoms with van der Waals surface area (Å²) in [6.07, 6.45) is 1.64. The number of anilines is 3. The van der Waals surface area contributed by atoms with E-state index in [4.69, 9.17) is 17.3 Å². The summed E-state index contributed by atoms with van der Waals surface area (Å²) in [4.78, 5) is 3.99. The standard InChI is InChI=1S/C11H9BrClN3/c12-7-3-4-8(13)10(6-7)16-9-2-1-5-15-11(9)14/h1-6,16H,(H2,14,15). The van der Waals surface area contributed by atoms with Crippen molar-refractivity contribution in [3.05, 3.63) is 46.0 Å². The molecule has 0 radical (unpaired) electrons. The van der Waals surface area contributed by atoms with E-state index in [0.717, 1.165) is 15.8 Å². The van der Waals surface area contributed by atoms with Crippen molar-refractivity contribution in [3.8, 4) is 0 Å². The first-order valence-electron chi connectivity index (χ1n) is 4.59. The second-order valence-corrected chi connectivity index (χ2v) is 4.51. The van der Waals surface area contributed by atoms with Crippen LogP contribution in [0.5, 0.6) is 0 Å². The Bertz CT molecular complexity index is 516. The molecule has 0 aliphatic heterocycles. The van der Waals surface area contributed by atoms with Crippen molar-refractivity contribution in [3.63, 3.8) is 0 Å². The lowest BCUT2D eigenvalue weighted by atomic mass is 10.3. The Morgan fingerprint density at radius 2 is 2.06 bits per heavy atom. The maximum atomic E-state index is 6.05. The number of nitrogens with one attached hydrogen (secondary N) is 1. The fourth-order valence-electron chi connectivity index (χ4n) is 1.26. The molecule has 3 nitrogen and oxygen atoms in total. The van der Waals surface area contributed by atoms with Crippen LogP contribution in [0.15, 0.2) is 41.0 Å². The third kappa shape index (κ3) is 2.46. The maximum absolute atomic E-state index is 6.05. The van der Waals surface area contributed by atoms with Crippen molar-refractivity contribution in [1.29, 1.82) is 0 Å². The minimum Gasteiger partial charge on any atom is -0.382 e. The van der Waals surface area contributed by atoms with Crippen molar-refractivity contribution in [2.45, 2.75) is 0 Å². The molecule has 1 aromatic heterocycles. The number of pyridine rings is 1. The van der Waals surface area contributed by atoms with Crippen molar-refractivity contribution in [2.24, 2.45) is 0 Å². The Labute approximate surface area is 107 Å². The summed E-state index contributed by atoms with van der Waals surface area (Å²) in [5.41, 5.74) is 7.25. The Hall–Kier alpha value is -1.26. The molecule has 5 heteroatoms. The number of hydrogen-bond donors (Lipinski definition) is 2. The van der Waals surface area contributed by atoms with Crippen LogP contribution in [0.25, 0.3) is 0 Å². The topological polar surface area (TPSA) is 50.9 Å². The van der Waals surface area contributed by atoms with Gasteiger partial charge in [-0.05, 0) is 30.3 Å². The first kappa shape index (κ1) is 11.2. The van der Waals surface area contributed by atoms with Gasteiger partial charge in [-0.3, -0.25) is 0 Å². The number of halogens is 2. The van der Waals surface area contributed by atoms with E-state index in [1.54, 1.807) is 12.3 Å². The summed E-state index contributed by atoms with van der Waals surface area (Å²) in [7, 11) is 0. The van der Waals surface area contributed by atoms with Crippen LogP contribution in [-0.4, -0.2) is 4.98 Å². The van der Waals surface area contributed by atoms with Crippen LogP contribution in [0.2, 0.25) is 5.02 Å². The average molecular weight is 299 g/mol. The lowest BCUT2D eigenvalue weighted by Crippen LogP contribution is -1.98. The van der Waals surface area contributed by atoms with E-state index in [-0.39, 0.29) is 0 Å². The Morgan fingerprint density at radius 3 is 2.81 bits per heavy atom. The summed E-state index contributed by atoms with van der Waals surface area (Å²) in [6.45, 7) is 0. The highest BCUT2D eigenvalue weighted by Gasteiger charge is 2.04. The van der Waals surface area contributed by atoms with Gasteiger partial charge < -0.3 is 11.1 Å². The molecule has 0 atom stereocenters. The maximum Gasteiger partial charge on any atom is 0.147 e. The van der Waals surface area contributed by atoms with E-state index in [1.807, 2.05) is 24.3 Å². The van der Waals surface area contributed by atoms with Gasteiger partial charge in [0.2, 0.25) is 0 Å². The molecule has 1 heterocycles. The Morgan fingerprint density at radius 1 is 1.25 bits per heavy atom. The van der Waals surface area contributed by atoms with Crippen LogP contribution in [0.3, 0.4) is 0 Å². The van der Waals surface area contributed by atoms with Crippen LogP contribution in [0.4, 0.5) is 17.2 Å². The van der Waals surface area contributed by atoms with Crippen molar-refractivity contribution >= 4 is 44.7 Å². The quantitative estimate of drug-likeness (QED) is 0.886. The molecule has 82 valence electrons. The molecule has 16 heavy (non-hydrogen) atoms. The molecular weight excluding hydrogens is 289 g/mol. The predicted molar refractivity (Wildman–Crippen MR) is 71.1 cm³/mol. The minimum absolute atomic E-state index is 0.443. The fourth-order valence-corrected chi connectivity index (χ4v) is 1.79. The summed E-state index contributed by atoms with van der Waals surface area (Å²) in [6, 6.07) is 9.22. The van der Waals surface area contributed by atoms with Crippen molar-refractivity contribution in [1.82, 2.24) is 4.98 Å². The van der Waals surface area contributed by atoms with Crippen molar-refractivity contribution in [2.75, 3.05) is 11.1 Å². The summed E-state index contributed by atoms with van der Waals surface area (Å²) >= 11 is 9.44. The highest BCUT2D eigenvalue weighted by Crippen LogP contribution is 2.29. The molecule has 0 amide bonds. The van der Waals surface area contributed by atoms with Gasteiger partial charge >= 0.3 is 0 Å². The molecule has 0 bridgehead atoms. The second kappa shape index (κ2) is 4.72. The van der Waals surface area contributed by atoms with Gasteiger partial charge in [-0.15, -0.1) is 0 Å². The first-order chi connectivity index (χ1) is 7.66. The first-order valence-corrected chi connectivity index (χ1v) is 5.76. The number of nitrogens with zero attached hydrogens (tertiary/aromatic N) is 1.